The van der Waals surface area contributed by atoms with E-state index in [2.05, 4.69) is 26.0 Å². The van der Waals surface area contributed by atoms with Crippen LogP contribution in [0.1, 0.15) is 30.9 Å². The van der Waals surface area contributed by atoms with Crippen LogP contribution >= 0.6 is 0 Å². The first-order valence-corrected chi connectivity index (χ1v) is 6.76. The van der Waals surface area contributed by atoms with Gasteiger partial charge < -0.3 is 10.5 Å². The Morgan fingerprint density at radius 2 is 2.16 bits per heavy atom. The number of ether oxygens (including phenoxy) is 1. The number of nitrogens with zero attached hydrogens (tertiary/aromatic N) is 1. The van der Waals surface area contributed by atoms with Gasteiger partial charge in [0.1, 0.15) is 6.61 Å². The number of aryl methyl sites for hydroxylation is 1. The van der Waals surface area contributed by atoms with Gasteiger partial charge >= 0.3 is 6.09 Å². The molecule has 1 unspecified atom stereocenters. The predicted octanol–water partition coefficient (Wildman–Crippen LogP) is 2.44. The summed E-state index contributed by atoms with van der Waals surface area (Å²) in [5.41, 5.74) is 7.71. The van der Waals surface area contributed by atoms with Crippen molar-refractivity contribution in [3.05, 3.63) is 35.4 Å². The molecule has 1 aromatic rings. The number of benzene rings is 1. The van der Waals surface area contributed by atoms with Crippen LogP contribution in [0.2, 0.25) is 0 Å². The summed E-state index contributed by atoms with van der Waals surface area (Å²) in [6.45, 7) is 5.84. The lowest BCUT2D eigenvalue weighted by atomic mass is 9.94. The Morgan fingerprint density at radius 1 is 1.42 bits per heavy atom. The number of rotatable bonds is 5. The van der Waals surface area contributed by atoms with Crippen LogP contribution < -0.4 is 5.73 Å². The average molecular weight is 262 g/mol. The van der Waals surface area contributed by atoms with Crippen LogP contribution in [-0.2, 0) is 11.3 Å². The van der Waals surface area contributed by atoms with Crippen LogP contribution in [0.15, 0.2) is 24.3 Å². The third-order valence-corrected chi connectivity index (χ3v) is 3.89. The molecule has 19 heavy (non-hydrogen) atoms. The summed E-state index contributed by atoms with van der Waals surface area (Å²) in [5.74, 6) is 0. The first-order valence-electron chi connectivity index (χ1n) is 6.76. The van der Waals surface area contributed by atoms with Gasteiger partial charge in [0, 0.05) is 6.54 Å². The van der Waals surface area contributed by atoms with E-state index in [4.69, 9.17) is 10.5 Å². The lowest BCUT2D eigenvalue weighted by Gasteiger charge is -2.32. The number of hydrogen-bond donors (Lipinski definition) is 1. The largest absolute Gasteiger partial charge is 0.447 e. The maximum atomic E-state index is 11.9. The van der Waals surface area contributed by atoms with E-state index in [1.807, 2.05) is 17.0 Å². The highest BCUT2D eigenvalue weighted by Crippen LogP contribution is 2.30. The molecule has 0 aliphatic carbocycles. The molecule has 0 bridgehead atoms. The van der Waals surface area contributed by atoms with Crippen LogP contribution in [0, 0.1) is 6.92 Å². The van der Waals surface area contributed by atoms with Gasteiger partial charge in [-0.15, -0.1) is 0 Å². The molecule has 1 fully saturated rings. The van der Waals surface area contributed by atoms with Gasteiger partial charge in [-0.2, -0.15) is 0 Å². The van der Waals surface area contributed by atoms with Crippen LogP contribution in [-0.4, -0.2) is 29.7 Å². The van der Waals surface area contributed by atoms with Crippen molar-refractivity contribution in [2.75, 3.05) is 13.2 Å². The molecule has 1 atom stereocenters. The second-order valence-corrected chi connectivity index (χ2v) is 5.46. The lowest BCUT2D eigenvalue weighted by molar-refractivity contribution is 0.147. The van der Waals surface area contributed by atoms with E-state index in [9.17, 15) is 4.79 Å². The maximum Gasteiger partial charge on any atom is 0.410 e. The van der Waals surface area contributed by atoms with Gasteiger partial charge in [-0.25, -0.2) is 4.79 Å². The molecule has 2 N–H and O–H groups in total. The van der Waals surface area contributed by atoms with Gasteiger partial charge in [0.15, 0.2) is 0 Å². The third-order valence-electron chi connectivity index (χ3n) is 3.89. The highest BCUT2D eigenvalue weighted by atomic mass is 16.6. The number of amides is 1. The summed E-state index contributed by atoms with van der Waals surface area (Å²) in [7, 11) is 0. The SMILES string of the molecule is Cc1ccccc1CN1C(=O)OCC1(C)CCCN. The zero-order valence-electron chi connectivity index (χ0n) is 11.7. The quantitative estimate of drug-likeness (QED) is 0.886. The van der Waals surface area contributed by atoms with Crippen LogP contribution in [0.4, 0.5) is 4.79 Å². The van der Waals surface area contributed by atoms with E-state index in [1.54, 1.807) is 0 Å². The van der Waals surface area contributed by atoms with Crippen LogP contribution in [0.3, 0.4) is 0 Å². The van der Waals surface area contributed by atoms with Crippen molar-refractivity contribution in [1.29, 1.82) is 0 Å². The fourth-order valence-corrected chi connectivity index (χ4v) is 2.50. The minimum atomic E-state index is -0.237. The van der Waals surface area contributed by atoms with E-state index in [-0.39, 0.29) is 11.6 Å². The number of cyclic esters (lactones) is 1. The van der Waals surface area contributed by atoms with Crippen molar-refractivity contribution >= 4 is 6.09 Å². The maximum absolute atomic E-state index is 11.9. The van der Waals surface area contributed by atoms with Crippen molar-refractivity contribution in [1.82, 2.24) is 4.90 Å². The van der Waals surface area contributed by atoms with Crippen molar-refractivity contribution in [2.45, 2.75) is 38.8 Å². The Hall–Kier alpha value is -1.55. The van der Waals surface area contributed by atoms with Crippen molar-refractivity contribution in [3.8, 4) is 0 Å². The third kappa shape index (κ3) is 2.89. The number of carbonyl (C=O) groups excluding carboxylic acids is 1. The molecule has 1 saturated heterocycles. The molecule has 0 saturated carbocycles. The summed E-state index contributed by atoms with van der Waals surface area (Å²) in [5, 5.41) is 0. The molecule has 1 aliphatic rings. The molecule has 0 aromatic heterocycles. The first kappa shape index (κ1) is 13.9. The second-order valence-electron chi connectivity index (χ2n) is 5.46. The number of nitrogens with two attached hydrogens (primary N) is 1. The summed E-state index contributed by atoms with van der Waals surface area (Å²) in [6.07, 6.45) is 1.56. The van der Waals surface area contributed by atoms with E-state index < -0.39 is 0 Å². The molecule has 4 heteroatoms. The van der Waals surface area contributed by atoms with Gasteiger partial charge in [-0.3, -0.25) is 4.90 Å². The molecule has 0 spiro atoms. The highest BCUT2D eigenvalue weighted by Gasteiger charge is 2.42. The summed E-state index contributed by atoms with van der Waals surface area (Å²) < 4.78 is 5.24. The molecule has 1 aromatic carbocycles. The standard InChI is InChI=1S/C15H22N2O2/c1-12-6-3-4-7-13(12)10-17-14(18)19-11-15(17,2)8-5-9-16/h3-4,6-7H,5,8-11,16H2,1-2H3. The summed E-state index contributed by atoms with van der Waals surface area (Å²) in [4.78, 5) is 13.8. The Labute approximate surface area is 114 Å². The minimum Gasteiger partial charge on any atom is -0.447 e. The number of hydrogen-bond acceptors (Lipinski definition) is 3. The minimum absolute atomic E-state index is 0.220. The Morgan fingerprint density at radius 3 is 2.84 bits per heavy atom. The van der Waals surface area contributed by atoms with E-state index in [0.717, 1.165) is 12.8 Å². The highest BCUT2D eigenvalue weighted by molar-refractivity contribution is 5.71. The van der Waals surface area contributed by atoms with E-state index >= 15 is 0 Å². The predicted molar refractivity (Wildman–Crippen MR) is 74.8 cm³/mol. The topological polar surface area (TPSA) is 55.6 Å². The fourth-order valence-electron chi connectivity index (χ4n) is 2.50. The zero-order chi connectivity index (χ0) is 13.9. The van der Waals surface area contributed by atoms with Crippen molar-refractivity contribution < 1.29 is 9.53 Å². The summed E-state index contributed by atoms with van der Waals surface area (Å²) >= 11 is 0. The van der Waals surface area contributed by atoms with E-state index in [1.165, 1.54) is 11.1 Å². The van der Waals surface area contributed by atoms with Gasteiger partial charge in [-0.1, -0.05) is 24.3 Å². The van der Waals surface area contributed by atoms with Crippen molar-refractivity contribution in [3.63, 3.8) is 0 Å². The van der Waals surface area contributed by atoms with Crippen LogP contribution in [0.5, 0.6) is 0 Å². The molecule has 1 heterocycles. The zero-order valence-corrected chi connectivity index (χ0v) is 11.7. The van der Waals surface area contributed by atoms with Crippen molar-refractivity contribution in [2.24, 2.45) is 5.73 Å². The molecule has 2 rings (SSSR count). The van der Waals surface area contributed by atoms with Gasteiger partial charge in [0.05, 0.1) is 5.54 Å². The molecule has 0 radical (unpaired) electrons. The van der Waals surface area contributed by atoms with E-state index in [0.29, 0.717) is 19.7 Å². The Kier molecular flexibility index (Phi) is 4.10. The first-order chi connectivity index (χ1) is 9.07. The summed E-state index contributed by atoms with van der Waals surface area (Å²) in [6, 6.07) is 8.13. The molecule has 104 valence electrons. The molecule has 1 amide bonds. The second kappa shape index (κ2) is 5.61. The molecule has 1 aliphatic heterocycles. The molecule has 4 nitrogen and oxygen atoms in total. The molecular weight excluding hydrogens is 240 g/mol. The Balaban J connectivity index is 2.16. The number of carbonyl (C=O) groups is 1. The monoisotopic (exact) mass is 262 g/mol. The fraction of sp³-hybridized carbons (Fsp3) is 0.533. The van der Waals surface area contributed by atoms with Gasteiger partial charge in [0.2, 0.25) is 0 Å². The smallest absolute Gasteiger partial charge is 0.410 e. The Bertz CT molecular complexity index is 461. The lowest BCUT2D eigenvalue weighted by Crippen LogP contribution is -2.44. The van der Waals surface area contributed by atoms with Gasteiger partial charge in [0.25, 0.3) is 0 Å². The van der Waals surface area contributed by atoms with Crippen LogP contribution in [0.25, 0.3) is 0 Å². The molecular formula is C15H22N2O2. The normalized spacial score (nSPS) is 22.7. The van der Waals surface area contributed by atoms with Gasteiger partial charge in [-0.05, 0) is 44.4 Å². The average Bonchev–Trinajstić information content (AvgIpc) is 2.68.